The van der Waals surface area contributed by atoms with Crippen LogP contribution in [0.15, 0.2) is 0 Å². The second-order valence-corrected chi connectivity index (χ2v) is 5.37. The zero-order chi connectivity index (χ0) is 15.9. The van der Waals surface area contributed by atoms with Crippen LogP contribution in [-0.4, -0.2) is 47.2 Å². The van der Waals surface area contributed by atoms with Crippen molar-refractivity contribution in [3.8, 4) is 0 Å². The van der Waals surface area contributed by atoms with Gasteiger partial charge in [0.05, 0.1) is 6.04 Å². The molecule has 0 aliphatic rings. The smallest absolute Gasteiger partial charge is 0.327 e. The second-order valence-electron chi connectivity index (χ2n) is 5.37. The summed E-state index contributed by atoms with van der Waals surface area (Å²) in [6, 6.07) is -2.18. The van der Waals surface area contributed by atoms with Gasteiger partial charge < -0.3 is 26.6 Å². The number of nitrogens with one attached hydrogen (secondary N) is 1. The van der Waals surface area contributed by atoms with E-state index in [2.05, 4.69) is 5.32 Å². The second kappa shape index (κ2) is 7.81. The van der Waals surface area contributed by atoms with Crippen LogP contribution >= 0.6 is 0 Å². The minimum Gasteiger partial charge on any atom is -0.480 e. The third-order valence-electron chi connectivity index (χ3n) is 2.27. The molecule has 0 aliphatic carbocycles. The molecular formula is C12H23N3O5. The maximum absolute atomic E-state index is 11.6. The Bertz CT molecular complexity index is 365. The molecule has 0 fully saturated rings. The number of esters is 1. The number of aliphatic carboxylic acids is 1. The molecule has 116 valence electrons. The lowest BCUT2D eigenvalue weighted by Crippen LogP contribution is -2.51. The van der Waals surface area contributed by atoms with Gasteiger partial charge in [0.15, 0.2) is 0 Å². The fourth-order valence-corrected chi connectivity index (χ4v) is 1.30. The van der Waals surface area contributed by atoms with Crippen LogP contribution in [0.3, 0.4) is 0 Å². The van der Waals surface area contributed by atoms with Crippen molar-refractivity contribution < 1.29 is 24.2 Å². The van der Waals surface area contributed by atoms with Crippen molar-refractivity contribution in [3.63, 3.8) is 0 Å². The van der Waals surface area contributed by atoms with Crippen LogP contribution in [0.5, 0.6) is 0 Å². The summed E-state index contributed by atoms with van der Waals surface area (Å²) in [5.74, 6) is -2.36. The fraction of sp³-hybridized carbons (Fsp3) is 0.750. The highest BCUT2D eigenvalue weighted by Crippen LogP contribution is 2.09. The largest absolute Gasteiger partial charge is 0.480 e. The van der Waals surface area contributed by atoms with Gasteiger partial charge in [0.25, 0.3) is 0 Å². The Balaban J connectivity index is 4.21. The quantitative estimate of drug-likeness (QED) is 0.438. The SMILES string of the molecule is CC(C)(C)OC(=O)CC[C@H](N)C(=O)N[C@@H](CN)C(=O)O. The third-order valence-corrected chi connectivity index (χ3v) is 2.27. The summed E-state index contributed by atoms with van der Waals surface area (Å²) in [6.07, 6.45) is 0.0455. The Kier molecular flexibility index (Phi) is 7.16. The molecule has 0 radical (unpaired) electrons. The van der Waals surface area contributed by atoms with E-state index < -0.39 is 35.5 Å². The Morgan fingerprint density at radius 1 is 1.30 bits per heavy atom. The van der Waals surface area contributed by atoms with Gasteiger partial charge in [-0.2, -0.15) is 0 Å². The van der Waals surface area contributed by atoms with E-state index in [4.69, 9.17) is 21.3 Å². The zero-order valence-electron chi connectivity index (χ0n) is 12.0. The van der Waals surface area contributed by atoms with Gasteiger partial charge in [-0.25, -0.2) is 4.79 Å². The number of ether oxygens (including phenoxy) is 1. The van der Waals surface area contributed by atoms with Gasteiger partial charge in [0, 0.05) is 13.0 Å². The van der Waals surface area contributed by atoms with E-state index in [1.54, 1.807) is 20.8 Å². The molecule has 20 heavy (non-hydrogen) atoms. The monoisotopic (exact) mass is 289 g/mol. The highest BCUT2D eigenvalue weighted by molar-refractivity contribution is 5.87. The minimum atomic E-state index is -1.24. The molecule has 6 N–H and O–H groups in total. The summed E-state index contributed by atoms with van der Waals surface area (Å²) in [4.78, 5) is 33.8. The lowest BCUT2D eigenvalue weighted by molar-refractivity contribution is -0.155. The summed E-state index contributed by atoms with van der Waals surface area (Å²) in [5.41, 5.74) is 10.2. The average Bonchev–Trinajstić information content (AvgIpc) is 2.29. The number of carboxylic acid groups (broad SMARTS) is 1. The number of amides is 1. The van der Waals surface area contributed by atoms with Crippen molar-refractivity contribution in [2.75, 3.05) is 6.54 Å². The number of hydrogen-bond donors (Lipinski definition) is 4. The van der Waals surface area contributed by atoms with E-state index in [0.29, 0.717) is 0 Å². The lowest BCUT2D eigenvalue weighted by Gasteiger charge is -2.20. The highest BCUT2D eigenvalue weighted by Gasteiger charge is 2.23. The van der Waals surface area contributed by atoms with Crippen molar-refractivity contribution >= 4 is 17.8 Å². The minimum absolute atomic E-state index is 0.0216. The van der Waals surface area contributed by atoms with Crippen LogP contribution in [0, 0.1) is 0 Å². The molecule has 8 heteroatoms. The number of carboxylic acids is 1. The summed E-state index contributed by atoms with van der Waals surface area (Å²) in [7, 11) is 0. The molecule has 0 rings (SSSR count). The van der Waals surface area contributed by atoms with Crippen LogP contribution in [0.2, 0.25) is 0 Å². The highest BCUT2D eigenvalue weighted by atomic mass is 16.6. The molecule has 0 bridgehead atoms. The maximum Gasteiger partial charge on any atom is 0.327 e. The van der Waals surface area contributed by atoms with E-state index in [-0.39, 0.29) is 19.4 Å². The molecule has 0 unspecified atom stereocenters. The number of rotatable bonds is 7. The maximum atomic E-state index is 11.6. The first-order valence-electron chi connectivity index (χ1n) is 6.27. The Morgan fingerprint density at radius 3 is 2.25 bits per heavy atom. The molecule has 8 nitrogen and oxygen atoms in total. The van der Waals surface area contributed by atoms with E-state index in [1.807, 2.05) is 0 Å². The first kappa shape index (κ1) is 18.3. The molecule has 0 spiro atoms. The van der Waals surface area contributed by atoms with Crippen molar-refractivity contribution in [3.05, 3.63) is 0 Å². The molecule has 0 aliphatic heterocycles. The van der Waals surface area contributed by atoms with Gasteiger partial charge in [-0.1, -0.05) is 0 Å². The molecule has 0 saturated carbocycles. The predicted octanol–water partition coefficient (Wildman–Crippen LogP) is -1.04. The van der Waals surface area contributed by atoms with Crippen molar-refractivity contribution in [2.45, 2.75) is 51.3 Å². The van der Waals surface area contributed by atoms with Gasteiger partial charge >= 0.3 is 11.9 Å². The van der Waals surface area contributed by atoms with E-state index in [9.17, 15) is 14.4 Å². The van der Waals surface area contributed by atoms with Crippen molar-refractivity contribution in [1.29, 1.82) is 0 Å². The Hall–Kier alpha value is -1.67. The molecule has 0 aromatic heterocycles. The van der Waals surface area contributed by atoms with Crippen LogP contribution < -0.4 is 16.8 Å². The molecule has 0 aromatic rings. The van der Waals surface area contributed by atoms with Gasteiger partial charge in [-0.05, 0) is 27.2 Å². The van der Waals surface area contributed by atoms with Gasteiger partial charge in [0.2, 0.25) is 5.91 Å². The first-order chi connectivity index (χ1) is 9.06. The van der Waals surface area contributed by atoms with Crippen molar-refractivity contribution in [1.82, 2.24) is 5.32 Å². The standard InChI is InChI=1S/C12H23N3O5/c1-12(2,3)20-9(16)5-4-7(14)10(17)15-8(6-13)11(18)19/h7-8H,4-6,13-14H2,1-3H3,(H,15,17)(H,18,19)/t7-,8-/m0/s1. The molecule has 0 aromatic carbocycles. The number of nitrogens with two attached hydrogens (primary N) is 2. The molecule has 1 amide bonds. The lowest BCUT2D eigenvalue weighted by atomic mass is 10.1. The van der Waals surface area contributed by atoms with Gasteiger partial charge in [-0.3, -0.25) is 9.59 Å². The van der Waals surface area contributed by atoms with E-state index in [1.165, 1.54) is 0 Å². The van der Waals surface area contributed by atoms with Crippen LogP contribution in [0.25, 0.3) is 0 Å². The molecule has 0 heterocycles. The van der Waals surface area contributed by atoms with E-state index in [0.717, 1.165) is 0 Å². The number of hydrogen-bond acceptors (Lipinski definition) is 6. The normalized spacial score (nSPS) is 14.2. The van der Waals surface area contributed by atoms with Crippen molar-refractivity contribution in [2.24, 2.45) is 11.5 Å². The molecular weight excluding hydrogens is 266 g/mol. The number of carbonyl (C=O) groups excluding carboxylic acids is 2. The summed E-state index contributed by atoms with van der Waals surface area (Å²) in [5, 5.41) is 10.9. The molecule has 0 saturated heterocycles. The van der Waals surface area contributed by atoms with Crippen LogP contribution in [-0.2, 0) is 19.1 Å². The average molecular weight is 289 g/mol. The van der Waals surface area contributed by atoms with Gasteiger partial charge in [-0.15, -0.1) is 0 Å². The Labute approximate surface area is 117 Å². The summed E-state index contributed by atoms with van der Waals surface area (Å²) < 4.78 is 5.07. The fourth-order valence-electron chi connectivity index (χ4n) is 1.30. The van der Waals surface area contributed by atoms with Crippen LogP contribution in [0.4, 0.5) is 0 Å². The molecule has 2 atom stereocenters. The Morgan fingerprint density at radius 2 is 1.85 bits per heavy atom. The first-order valence-corrected chi connectivity index (χ1v) is 6.27. The van der Waals surface area contributed by atoms with Gasteiger partial charge in [0.1, 0.15) is 11.6 Å². The third kappa shape index (κ3) is 7.70. The summed E-state index contributed by atoms with van der Waals surface area (Å²) >= 11 is 0. The number of carbonyl (C=O) groups is 3. The van der Waals surface area contributed by atoms with Crippen LogP contribution in [0.1, 0.15) is 33.6 Å². The predicted molar refractivity (Wildman–Crippen MR) is 71.7 cm³/mol. The topological polar surface area (TPSA) is 145 Å². The summed E-state index contributed by atoms with van der Waals surface area (Å²) in [6.45, 7) is 4.96. The zero-order valence-corrected chi connectivity index (χ0v) is 12.0. The van der Waals surface area contributed by atoms with E-state index >= 15 is 0 Å².